The zero-order valence-corrected chi connectivity index (χ0v) is 38.1. The number of ether oxygens (including phenoxy) is 3. The third-order valence-electron chi connectivity index (χ3n) is 10.6. The molecule has 0 bridgehead atoms. The molecule has 0 spiro atoms. The Morgan fingerprint density at radius 2 is 1.18 bits per heavy atom. The molecule has 5 heterocycles. The minimum atomic E-state index is -3.63. The Morgan fingerprint density at radius 1 is 0.716 bits per heavy atom. The molecule has 2 aromatic heterocycles. The van der Waals surface area contributed by atoms with Crippen molar-refractivity contribution in [1.82, 2.24) is 30.4 Å². The van der Waals surface area contributed by atoms with Crippen LogP contribution in [0, 0.1) is 10.8 Å². The lowest BCUT2D eigenvalue weighted by Crippen LogP contribution is -2.53. The number of nitrogens with one attached hydrogen (secondary N) is 4. The maximum absolute atomic E-state index is 12.6. The van der Waals surface area contributed by atoms with Gasteiger partial charge in [0.05, 0.1) is 36.6 Å². The lowest BCUT2D eigenvalue weighted by atomic mass is 10.1. The molecule has 3 aliphatic heterocycles. The van der Waals surface area contributed by atoms with Crippen molar-refractivity contribution >= 4 is 63.1 Å². The van der Waals surface area contributed by atoms with Gasteiger partial charge in [0.2, 0.25) is 0 Å². The van der Waals surface area contributed by atoms with E-state index in [1.165, 1.54) is 17.3 Å². The molecule has 0 saturated carbocycles. The fourth-order valence-electron chi connectivity index (χ4n) is 7.07. The molecule has 3 saturated heterocycles. The summed E-state index contributed by atoms with van der Waals surface area (Å²) in [5, 5.41) is 21.3. The summed E-state index contributed by atoms with van der Waals surface area (Å²) < 4.78 is 42.8. The fourth-order valence-corrected chi connectivity index (χ4v) is 7.47. The molecule has 0 aliphatic carbocycles. The van der Waals surface area contributed by atoms with Gasteiger partial charge < -0.3 is 24.8 Å². The van der Waals surface area contributed by atoms with Gasteiger partial charge in [0.15, 0.2) is 0 Å². The van der Waals surface area contributed by atoms with Crippen molar-refractivity contribution < 1.29 is 50.8 Å². The quantitative estimate of drug-likeness (QED) is 0.0465. The number of aromatic nitrogens is 2. The predicted molar refractivity (Wildman–Crippen MR) is 245 cm³/mol. The van der Waals surface area contributed by atoms with Crippen LogP contribution in [0.4, 0.5) is 21.0 Å². The van der Waals surface area contributed by atoms with Gasteiger partial charge in [-0.3, -0.25) is 59.0 Å². The molecule has 22 heteroatoms. The van der Waals surface area contributed by atoms with E-state index in [9.17, 15) is 32.4 Å². The van der Waals surface area contributed by atoms with Gasteiger partial charge in [0.25, 0.3) is 21.9 Å². The number of pyridine rings is 2. The highest BCUT2D eigenvalue weighted by Crippen LogP contribution is 2.25. The average molecular weight is 941 g/mol. The molecule has 354 valence electrons. The Morgan fingerprint density at radius 3 is 1.61 bits per heavy atom. The molecule has 2 aromatic carbocycles. The van der Waals surface area contributed by atoms with E-state index < -0.39 is 40.2 Å². The summed E-state index contributed by atoms with van der Waals surface area (Å²) in [7, 11) is -3.63. The van der Waals surface area contributed by atoms with Crippen LogP contribution in [-0.4, -0.2) is 153 Å². The summed E-state index contributed by atoms with van der Waals surface area (Å²) in [4.78, 5) is 76.2. The largest absolute Gasteiger partial charge is 0.462 e. The van der Waals surface area contributed by atoms with Crippen LogP contribution in [0.2, 0.25) is 0 Å². The second-order valence-electron chi connectivity index (χ2n) is 16.0. The monoisotopic (exact) mass is 940 g/mol. The third-order valence-corrected chi connectivity index (χ3v) is 11.1. The van der Waals surface area contributed by atoms with E-state index in [0.29, 0.717) is 46.7 Å². The summed E-state index contributed by atoms with van der Waals surface area (Å²) in [6.45, 7) is 9.49. The molecule has 4 aromatic rings. The van der Waals surface area contributed by atoms with Crippen LogP contribution in [0.5, 0.6) is 0 Å². The topological polar surface area (TPSA) is 267 Å². The Bertz CT molecular complexity index is 2530. The minimum Gasteiger partial charge on any atom is -0.462 e. The van der Waals surface area contributed by atoms with Gasteiger partial charge in [0, 0.05) is 80.0 Å². The number of amides is 4. The van der Waals surface area contributed by atoms with Gasteiger partial charge in [-0.2, -0.15) is 8.42 Å². The zero-order valence-electron chi connectivity index (χ0n) is 37.3. The second-order valence-corrected chi connectivity index (χ2v) is 17.6. The Kier molecular flexibility index (Phi) is 16.5. The SMILES string of the molecule is CC(C)OC(=O)C(C)N1CCN(CC2CN(c3ccc(C(=N)NC(=O)c4cccnc4)cc3)C(=O)O2)CC1.CS(=O)(=O)OCC1CN(c2ccc(C(=N)NC(=O)c3cccnc3)cc2)C(=O)O1. The van der Waals surface area contributed by atoms with Crippen LogP contribution >= 0.6 is 0 Å². The summed E-state index contributed by atoms with van der Waals surface area (Å²) in [6, 6.07) is 19.4. The van der Waals surface area contributed by atoms with Crippen molar-refractivity contribution in [1.29, 1.82) is 10.8 Å². The molecule has 67 heavy (non-hydrogen) atoms. The molecular formula is C45H52N10O11S. The Balaban J connectivity index is 0.000000229. The summed E-state index contributed by atoms with van der Waals surface area (Å²) in [5.41, 5.74) is 2.82. The number of anilines is 2. The number of hydrogen-bond acceptors (Lipinski definition) is 17. The van der Waals surface area contributed by atoms with E-state index in [2.05, 4.69) is 34.6 Å². The van der Waals surface area contributed by atoms with Gasteiger partial charge >= 0.3 is 18.2 Å². The van der Waals surface area contributed by atoms with Crippen LogP contribution in [0.25, 0.3) is 0 Å². The van der Waals surface area contributed by atoms with Crippen LogP contribution in [0.1, 0.15) is 52.6 Å². The van der Waals surface area contributed by atoms with Crippen molar-refractivity contribution in [2.45, 2.75) is 45.1 Å². The molecule has 4 N–H and O–H groups in total. The summed E-state index contributed by atoms with van der Waals surface area (Å²) in [5.74, 6) is -1.22. The molecule has 3 unspecified atom stereocenters. The third kappa shape index (κ3) is 13.9. The van der Waals surface area contributed by atoms with Gasteiger partial charge in [-0.25, -0.2) is 9.59 Å². The highest BCUT2D eigenvalue weighted by Gasteiger charge is 2.36. The van der Waals surface area contributed by atoms with Crippen LogP contribution in [0.15, 0.2) is 97.6 Å². The van der Waals surface area contributed by atoms with E-state index in [1.807, 2.05) is 20.8 Å². The molecule has 3 fully saturated rings. The number of piperazine rings is 1. The minimum absolute atomic E-state index is 0.0433. The van der Waals surface area contributed by atoms with Gasteiger partial charge in [-0.1, -0.05) is 0 Å². The molecule has 0 radical (unpaired) electrons. The van der Waals surface area contributed by atoms with Crippen molar-refractivity contribution in [3.05, 3.63) is 120 Å². The number of carbonyl (C=O) groups excluding carboxylic acids is 5. The molecule has 3 aliphatic rings. The average Bonchev–Trinajstić information content (AvgIpc) is 3.89. The number of hydrogen-bond donors (Lipinski definition) is 4. The first kappa shape index (κ1) is 49.3. The highest BCUT2D eigenvalue weighted by atomic mass is 32.2. The molecule has 7 rings (SSSR count). The number of amidine groups is 2. The number of cyclic esters (lactones) is 2. The van der Waals surface area contributed by atoms with E-state index >= 15 is 0 Å². The number of carbonyl (C=O) groups is 5. The van der Waals surface area contributed by atoms with Gasteiger partial charge in [0.1, 0.15) is 36.5 Å². The standard InChI is InChI=1S/C27H34N6O5.C18H18N4O6S/c1-18(2)37-26(35)19(3)32-13-11-31(12-14-32)16-23-17-33(27(36)38-23)22-8-6-20(7-9-22)24(28)30-25(34)21-5-4-10-29-15-21;1-29(25,26)27-11-15-10-22(18(24)28-15)14-6-4-12(5-7-14)16(19)21-17(23)13-3-2-8-20-9-13/h4-10,15,18-19,23H,11-14,16-17H2,1-3H3,(H2,28,30,34);2-9,15H,10-11H2,1H3,(H2,19,21,23). The smallest absolute Gasteiger partial charge is 0.414 e. The number of benzene rings is 2. The number of nitrogens with zero attached hydrogens (tertiary/aromatic N) is 6. The Hall–Kier alpha value is -7.14. The van der Waals surface area contributed by atoms with Gasteiger partial charge in [-0.05, 0) is 93.6 Å². The predicted octanol–water partition coefficient (Wildman–Crippen LogP) is 3.26. The van der Waals surface area contributed by atoms with Crippen molar-refractivity contribution in [2.24, 2.45) is 0 Å². The maximum atomic E-state index is 12.6. The molecule has 21 nitrogen and oxygen atoms in total. The van der Waals surface area contributed by atoms with E-state index in [-0.39, 0.29) is 49.0 Å². The van der Waals surface area contributed by atoms with Crippen molar-refractivity contribution in [3.8, 4) is 0 Å². The van der Waals surface area contributed by atoms with Crippen molar-refractivity contribution in [2.75, 3.05) is 68.5 Å². The summed E-state index contributed by atoms with van der Waals surface area (Å²) >= 11 is 0. The van der Waals surface area contributed by atoms with Gasteiger partial charge in [-0.15, -0.1) is 0 Å². The Labute approximate surface area is 387 Å². The molecule has 3 atom stereocenters. The molecule has 4 amide bonds. The van der Waals surface area contributed by atoms with E-state index in [1.54, 1.807) is 90.1 Å². The van der Waals surface area contributed by atoms with Crippen molar-refractivity contribution in [3.63, 3.8) is 0 Å². The van der Waals surface area contributed by atoms with Crippen LogP contribution in [-0.2, 0) is 33.3 Å². The number of esters is 1. The first-order chi connectivity index (χ1) is 31.9. The van der Waals surface area contributed by atoms with Crippen LogP contribution in [0.3, 0.4) is 0 Å². The fraction of sp³-hybridized carbons (Fsp3) is 0.356. The highest BCUT2D eigenvalue weighted by molar-refractivity contribution is 7.86. The zero-order chi connectivity index (χ0) is 48.3. The number of rotatable bonds is 14. The maximum Gasteiger partial charge on any atom is 0.414 e. The normalized spacial score (nSPS) is 18.0. The van der Waals surface area contributed by atoms with E-state index in [0.717, 1.165) is 32.4 Å². The molecular weight excluding hydrogens is 889 g/mol. The first-order valence-corrected chi connectivity index (χ1v) is 23.0. The summed E-state index contributed by atoms with van der Waals surface area (Å²) in [6.07, 6.45) is 4.72. The first-order valence-electron chi connectivity index (χ1n) is 21.2. The second kappa shape index (κ2) is 22.4. The van der Waals surface area contributed by atoms with Crippen LogP contribution < -0.4 is 20.4 Å². The van der Waals surface area contributed by atoms with E-state index in [4.69, 9.17) is 25.0 Å². The lowest BCUT2D eigenvalue weighted by Gasteiger charge is -2.37. The lowest BCUT2D eigenvalue weighted by molar-refractivity contribution is -0.154.